The van der Waals surface area contributed by atoms with Crippen molar-refractivity contribution < 1.29 is 8.83 Å². The molecule has 21 heavy (non-hydrogen) atoms. The van der Waals surface area contributed by atoms with E-state index < -0.39 is 0 Å². The maximum atomic E-state index is 5.83. The van der Waals surface area contributed by atoms with Crippen LogP contribution >= 0.6 is 0 Å². The Balaban J connectivity index is 1.97. The van der Waals surface area contributed by atoms with Gasteiger partial charge in [0.1, 0.15) is 17.3 Å². The van der Waals surface area contributed by atoms with Gasteiger partial charge in [-0.15, -0.1) is 0 Å². The van der Waals surface area contributed by atoms with E-state index >= 15 is 0 Å². The van der Waals surface area contributed by atoms with E-state index in [1.165, 1.54) is 5.56 Å². The van der Waals surface area contributed by atoms with Gasteiger partial charge in [0.15, 0.2) is 0 Å². The molecule has 0 fully saturated rings. The second-order valence-electron chi connectivity index (χ2n) is 5.71. The standard InChI is InChI=1S/C17H26N2O2/c1-5-19(12-16-7-6-8-20-16)11-15-9-17(21-14(15)4)10-18-13(2)3/h6-9,13,18H,5,10-12H2,1-4H3. The maximum absolute atomic E-state index is 5.83. The number of hydrogen-bond acceptors (Lipinski definition) is 4. The van der Waals surface area contributed by atoms with E-state index in [-0.39, 0.29) is 0 Å². The van der Waals surface area contributed by atoms with Gasteiger partial charge in [-0.1, -0.05) is 20.8 Å². The molecule has 2 aromatic rings. The number of aryl methyl sites for hydroxylation is 1. The Morgan fingerprint density at radius 3 is 2.67 bits per heavy atom. The van der Waals surface area contributed by atoms with E-state index in [1.54, 1.807) is 6.26 Å². The van der Waals surface area contributed by atoms with Crippen molar-refractivity contribution in [3.8, 4) is 0 Å². The molecule has 2 heterocycles. The fourth-order valence-electron chi connectivity index (χ4n) is 2.28. The molecule has 0 saturated heterocycles. The number of rotatable bonds is 8. The van der Waals surface area contributed by atoms with Crippen molar-refractivity contribution in [2.24, 2.45) is 0 Å². The molecule has 0 saturated carbocycles. The van der Waals surface area contributed by atoms with Crippen LogP contribution in [0.25, 0.3) is 0 Å². The Morgan fingerprint density at radius 1 is 1.24 bits per heavy atom. The average molecular weight is 290 g/mol. The van der Waals surface area contributed by atoms with Crippen LogP contribution in [0.1, 0.15) is 43.6 Å². The summed E-state index contributed by atoms with van der Waals surface area (Å²) in [5, 5.41) is 3.38. The summed E-state index contributed by atoms with van der Waals surface area (Å²) >= 11 is 0. The van der Waals surface area contributed by atoms with Crippen molar-refractivity contribution in [3.63, 3.8) is 0 Å². The molecule has 0 atom stereocenters. The Bertz CT molecular complexity index is 529. The molecule has 0 aliphatic carbocycles. The van der Waals surface area contributed by atoms with Crippen LogP contribution in [0.4, 0.5) is 0 Å². The van der Waals surface area contributed by atoms with Gasteiger partial charge in [-0.05, 0) is 31.7 Å². The predicted molar refractivity (Wildman–Crippen MR) is 83.9 cm³/mol. The van der Waals surface area contributed by atoms with E-state index in [9.17, 15) is 0 Å². The zero-order valence-electron chi connectivity index (χ0n) is 13.5. The molecule has 0 radical (unpaired) electrons. The number of nitrogens with one attached hydrogen (secondary N) is 1. The van der Waals surface area contributed by atoms with Crippen molar-refractivity contribution in [2.75, 3.05) is 6.54 Å². The molecule has 0 aliphatic rings. The monoisotopic (exact) mass is 290 g/mol. The Labute approximate surface area is 127 Å². The Morgan fingerprint density at radius 2 is 2.05 bits per heavy atom. The van der Waals surface area contributed by atoms with Crippen LogP contribution in [-0.2, 0) is 19.6 Å². The first-order valence-corrected chi connectivity index (χ1v) is 7.64. The third kappa shape index (κ3) is 4.76. The molecule has 2 rings (SSSR count). The largest absolute Gasteiger partial charge is 0.468 e. The molecule has 0 amide bonds. The fraction of sp³-hybridized carbons (Fsp3) is 0.529. The van der Waals surface area contributed by atoms with Crippen molar-refractivity contribution in [1.82, 2.24) is 10.2 Å². The summed E-state index contributed by atoms with van der Waals surface area (Å²) in [5.74, 6) is 3.01. The molecular formula is C17H26N2O2. The van der Waals surface area contributed by atoms with Crippen LogP contribution in [0, 0.1) is 6.92 Å². The summed E-state index contributed by atoms with van der Waals surface area (Å²) in [6, 6.07) is 6.57. The van der Waals surface area contributed by atoms with Gasteiger partial charge in [0.05, 0.1) is 19.4 Å². The van der Waals surface area contributed by atoms with Crippen molar-refractivity contribution in [3.05, 3.63) is 47.3 Å². The first-order chi connectivity index (χ1) is 10.1. The second-order valence-corrected chi connectivity index (χ2v) is 5.71. The summed E-state index contributed by atoms with van der Waals surface area (Å²) in [6.07, 6.45) is 1.72. The normalized spacial score (nSPS) is 11.7. The molecule has 116 valence electrons. The van der Waals surface area contributed by atoms with Crippen LogP contribution in [0.3, 0.4) is 0 Å². The highest BCUT2D eigenvalue weighted by Crippen LogP contribution is 2.18. The average Bonchev–Trinajstić information content (AvgIpc) is 3.06. The molecule has 2 aromatic heterocycles. The zero-order chi connectivity index (χ0) is 15.2. The second kappa shape index (κ2) is 7.48. The molecule has 0 bridgehead atoms. The van der Waals surface area contributed by atoms with E-state index in [1.807, 2.05) is 19.1 Å². The molecule has 1 N–H and O–H groups in total. The zero-order valence-corrected chi connectivity index (χ0v) is 13.5. The van der Waals surface area contributed by atoms with Gasteiger partial charge in [0.25, 0.3) is 0 Å². The number of nitrogens with zero attached hydrogens (tertiary/aromatic N) is 1. The first kappa shape index (κ1) is 15.9. The van der Waals surface area contributed by atoms with Crippen LogP contribution in [0.2, 0.25) is 0 Å². The van der Waals surface area contributed by atoms with Gasteiger partial charge in [-0.2, -0.15) is 0 Å². The smallest absolute Gasteiger partial charge is 0.118 e. The quantitative estimate of drug-likeness (QED) is 0.805. The summed E-state index contributed by atoms with van der Waals surface area (Å²) in [4.78, 5) is 2.34. The summed E-state index contributed by atoms with van der Waals surface area (Å²) in [5.41, 5.74) is 1.25. The highest BCUT2D eigenvalue weighted by atomic mass is 16.3. The lowest BCUT2D eigenvalue weighted by atomic mass is 10.2. The minimum Gasteiger partial charge on any atom is -0.468 e. The van der Waals surface area contributed by atoms with E-state index in [0.717, 1.165) is 43.5 Å². The van der Waals surface area contributed by atoms with Gasteiger partial charge in [0.2, 0.25) is 0 Å². The molecule has 0 aromatic carbocycles. The van der Waals surface area contributed by atoms with Crippen LogP contribution in [0.15, 0.2) is 33.3 Å². The summed E-state index contributed by atoms with van der Waals surface area (Å²) in [6.45, 7) is 11.9. The SMILES string of the molecule is CCN(Cc1ccco1)Cc1cc(CNC(C)C)oc1C. The van der Waals surface area contributed by atoms with Crippen molar-refractivity contribution in [1.29, 1.82) is 0 Å². The van der Waals surface area contributed by atoms with Gasteiger partial charge in [-0.3, -0.25) is 4.90 Å². The molecule has 0 aliphatic heterocycles. The van der Waals surface area contributed by atoms with E-state index in [4.69, 9.17) is 8.83 Å². The highest BCUT2D eigenvalue weighted by Gasteiger charge is 2.12. The highest BCUT2D eigenvalue weighted by molar-refractivity contribution is 5.21. The lowest BCUT2D eigenvalue weighted by Gasteiger charge is -2.18. The molecule has 4 heteroatoms. The molecule has 4 nitrogen and oxygen atoms in total. The number of furan rings is 2. The van der Waals surface area contributed by atoms with E-state index in [0.29, 0.717) is 6.04 Å². The minimum absolute atomic E-state index is 0.463. The molecule has 0 unspecified atom stereocenters. The lowest BCUT2D eigenvalue weighted by Crippen LogP contribution is -2.22. The topological polar surface area (TPSA) is 41.6 Å². The minimum atomic E-state index is 0.463. The van der Waals surface area contributed by atoms with Gasteiger partial charge in [0, 0.05) is 18.2 Å². The summed E-state index contributed by atoms with van der Waals surface area (Å²) in [7, 11) is 0. The summed E-state index contributed by atoms with van der Waals surface area (Å²) < 4.78 is 11.3. The Hall–Kier alpha value is -1.52. The fourth-order valence-corrected chi connectivity index (χ4v) is 2.28. The third-order valence-corrected chi connectivity index (χ3v) is 3.56. The first-order valence-electron chi connectivity index (χ1n) is 7.64. The lowest BCUT2D eigenvalue weighted by molar-refractivity contribution is 0.246. The van der Waals surface area contributed by atoms with Gasteiger partial charge < -0.3 is 14.2 Å². The van der Waals surface area contributed by atoms with Crippen molar-refractivity contribution in [2.45, 2.75) is 53.4 Å². The third-order valence-electron chi connectivity index (χ3n) is 3.56. The maximum Gasteiger partial charge on any atom is 0.118 e. The molecule has 0 spiro atoms. The van der Waals surface area contributed by atoms with E-state index in [2.05, 4.69) is 37.1 Å². The van der Waals surface area contributed by atoms with Gasteiger partial charge in [-0.25, -0.2) is 0 Å². The van der Waals surface area contributed by atoms with Crippen LogP contribution in [-0.4, -0.2) is 17.5 Å². The predicted octanol–water partition coefficient (Wildman–Crippen LogP) is 3.70. The van der Waals surface area contributed by atoms with Gasteiger partial charge >= 0.3 is 0 Å². The van der Waals surface area contributed by atoms with Crippen LogP contribution < -0.4 is 5.32 Å². The molecular weight excluding hydrogens is 264 g/mol. The number of hydrogen-bond donors (Lipinski definition) is 1. The Kier molecular flexibility index (Phi) is 5.65. The van der Waals surface area contributed by atoms with Crippen LogP contribution in [0.5, 0.6) is 0 Å². The van der Waals surface area contributed by atoms with Crippen molar-refractivity contribution >= 4 is 0 Å².